The summed E-state index contributed by atoms with van der Waals surface area (Å²) in [6.45, 7) is 7.29. The summed E-state index contributed by atoms with van der Waals surface area (Å²) in [5, 5.41) is 15.9. The molecule has 138 valence electrons. The Morgan fingerprint density at radius 3 is 2.52 bits per heavy atom. The van der Waals surface area contributed by atoms with Crippen molar-refractivity contribution in [3.8, 4) is 0 Å². The van der Waals surface area contributed by atoms with Crippen molar-refractivity contribution in [2.45, 2.75) is 71.6 Å². The zero-order chi connectivity index (χ0) is 16.0. The molecule has 0 amide bonds. The molecule has 0 aromatic rings. The van der Waals surface area contributed by atoms with Crippen molar-refractivity contribution in [3.63, 3.8) is 0 Å². The van der Waals surface area contributed by atoms with E-state index in [-0.39, 0.29) is 30.6 Å². The highest BCUT2D eigenvalue weighted by Gasteiger charge is 2.14. The molecule has 1 saturated carbocycles. The van der Waals surface area contributed by atoms with Gasteiger partial charge >= 0.3 is 0 Å². The van der Waals surface area contributed by atoms with Gasteiger partial charge in [0.25, 0.3) is 0 Å². The standard InChI is InChI=1S/C18H37N3O.HI/c1-3-8-17(12-14-22)15-21-18(19-4-2)20-13-7-11-16-9-5-6-10-16;/h16-17,22H,3-15H2,1-2H3,(H2,19,20,21);1H. The van der Waals surface area contributed by atoms with Crippen LogP contribution in [0.2, 0.25) is 0 Å². The van der Waals surface area contributed by atoms with Gasteiger partial charge in [0.05, 0.1) is 0 Å². The van der Waals surface area contributed by atoms with Crippen LogP contribution in [-0.4, -0.2) is 37.3 Å². The molecule has 23 heavy (non-hydrogen) atoms. The first-order valence-electron chi connectivity index (χ1n) is 9.43. The van der Waals surface area contributed by atoms with Gasteiger partial charge < -0.3 is 15.7 Å². The van der Waals surface area contributed by atoms with E-state index in [9.17, 15) is 0 Å². The van der Waals surface area contributed by atoms with Gasteiger partial charge in [-0.2, -0.15) is 0 Å². The molecule has 0 saturated heterocycles. The van der Waals surface area contributed by atoms with Gasteiger partial charge in [-0.15, -0.1) is 24.0 Å². The lowest BCUT2D eigenvalue weighted by atomic mass is 10.0. The normalized spacial score (nSPS) is 16.9. The Hall–Kier alpha value is -0.0400. The van der Waals surface area contributed by atoms with Gasteiger partial charge in [0.2, 0.25) is 0 Å². The summed E-state index contributed by atoms with van der Waals surface area (Å²) >= 11 is 0. The van der Waals surface area contributed by atoms with Crippen LogP contribution in [0.25, 0.3) is 0 Å². The van der Waals surface area contributed by atoms with Crippen molar-refractivity contribution < 1.29 is 5.11 Å². The molecule has 0 aliphatic heterocycles. The van der Waals surface area contributed by atoms with E-state index >= 15 is 0 Å². The number of halogens is 1. The van der Waals surface area contributed by atoms with Crippen LogP contribution in [0.3, 0.4) is 0 Å². The third-order valence-electron chi connectivity index (χ3n) is 4.64. The van der Waals surface area contributed by atoms with Gasteiger partial charge in [-0.1, -0.05) is 39.0 Å². The topological polar surface area (TPSA) is 56.7 Å². The molecule has 0 aromatic heterocycles. The van der Waals surface area contributed by atoms with Crippen molar-refractivity contribution >= 4 is 29.9 Å². The predicted octanol–water partition coefficient (Wildman–Crippen LogP) is 3.93. The van der Waals surface area contributed by atoms with Crippen LogP contribution in [0, 0.1) is 11.8 Å². The molecule has 0 spiro atoms. The summed E-state index contributed by atoms with van der Waals surface area (Å²) < 4.78 is 0. The van der Waals surface area contributed by atoms with Crippen LogP contribution >= 0.6 is 24.0 Å². The minimum absolute atomic E-state index is 0. The average molecular weight is 439 g/mol. The van der Waals surface area contributed by atoms with E-state index in [1.807, 2.05) is 0 Å². The molecule has 1 fully saturated rings. The van der Waals surface area contributed by atoms with E-state index in [0.717, 1.165) is 50.8 Å². The van der Waals surface area contributed by atoms with E-state index in [4.69, 9.17) is 10.1 Å². The first-order valence-corrected chi connectivity index (χ1v) is 9.43. The average Bonchev–Trinajstić information content (AvgIpc) is 3.02. The third-order valence-corrected chi connectivity index (χ3v) is 4.64. The highest BCUT2D eigenvalue weighted by atomic mass is 127. The van der Waals surface area contributed by atoms with Crippen molar-refractivity contribution in [1.82, 2.24) is 10.6 Å². The zero-order valence-corrected chi connectivity index (χ0v) is 17.5. The summed E-state index contributed by atoms with van der Waals surface area (Å²) in [5.74, 6) is 2.41. The van der Waals surface area contributed by atoms with Gasteiger partial charge in [-0.05, 0) is 44.4 Å². The van der Waals surface area contributed by atoms with Gasteiger partial charge in [0, 0.05) is 26.2 Å². The van der Waals surface area contributed by atoms with E-state index in [1.165, 1.54) is 38.5 Å². The molecule has 1 unspecified atom stereocenters. The van der Waals surface area contributed by atoms with Crippen molar-refractivity contribution in [2.75, 3.05) is 26.2 Å². The zero-order valence-electron chi connectivity index (χ0n) is 15.1. The second-order valence-corrected chi connectivity index (χ2v) is 6.61. The van der Waals surface area contributed by atoms with Crippen LogP contribution in [0.4, 0.5) is 0 Å². The van der Waals surface area contributed by atoms with Crippen LogP contribution in [0.5, 0.6) is 0 Å². The fraction of sp³-hybridized carbons (Fsp3) is 0.944. The smallest absolute Gasteiger partial charge is 0.191 e. The Morgan fingerprint density at radius 2 is 1.91 bits per heavy atom. The van der Waals surface area contributed by atoms with Crippen LogP contribution < -0.4 is 10.6 Å². The fourth-order valence-electron chi connectivity index (χ4n) is 3.38. The third kappa shape index (κ3) is 11.2. The second kappa shape index (κ2) is 15.5. The van der Waals surface area contributed by atoms with Gasteiger partial charge in [0.15, 0.2) is 5.96 Å². The van der Waals surface area contributed by atoms with Crippen molar-refractivity contribution in [1.29, 1.82) is 0 Å². The predicted molar refractivity (Wildman–Crippen MR) is 111 cm³/mol. The Morgan fingerprint density at radius 1 is 1.17 bits per heavy atom. The molecule has 0 aromatic carbocycles. The SMILES string of the molecule is CCCC(CCO)CN=C(NCC)NCCCC1CCCC1.I. The minimum atomic E-state index is 0. The number of hydrogen-bond donors (Lipinski definition) is 3. The van der Waals surface area contributed by atoms with Crippen molar-refractivity contribution in [2.24, 2.45) is 16.8 Å². The Kier molecular flexibility index (Phi) is 15.5. The number of nitrogens with one attached hydrogen (secondary N) is 2. The van der Waals surface area contributed by atoms with Crippen LogP contribution in [0.15, 0.2) is 4.99 Å². The number of rotatable bonds is 11. The first-order chi connectivity index (χ1) is 10.8. The van der Waals surface area contributed by atoms with E-state index in [2.05, 4.69) is 24.5 Å². The molecule has 1 atom stereocenters. The van der Waals surface area contributed by atoms with E-state index in [1.54, 1.807) is 0 Å². The van der Waals surface area contributed by atoms with E-state index in [0.29, 0.717) is 5.92 Å². The number of aliphatic imine (C=N–C) groups is 1. The molecule has 4 nitrogen and oxygen atoms in total. The maximum Gasteiger partial charge on any atom is 0.191 e. The number of hydrogen-bond acceptors (Lipinski definition) is 2. The largest absolute Gasteiger partial charge is 0.396 e. The summed E-state index contributed by atoms with van der Waals surface area (Å²) in [6, 6.07) is 0. The molecule has 1 aliphatic carbocycles. The maximum atomic E-state index is 9.13. The van der Waals surface area contributed by atoms with Gasteiger partial charge in [0.1, 0.15) is 0 Å². The lowest BCUT2D eigenvalue weighted by molar-refractivity contribution is 0.253. The second-order valence-electron chi connectivity index (χ2n) is 6.61. The molecule has 3 N–H and O–H groups in total. The summed E-state index contributed by atoms with van der Waals surface area (Å²) in [6.07, 6.45) is 11.5. The minimum Gasteiger partial charge on any atom is -0.396 e. The Bertz CT molecular complexity index is 288. The Labute approximate surface area is 160 Å². The summed E-state index contributed by atoms with van der Waals surface area (Å²) in [7, 11) is 0. The number of aliphatic hydroxyl groups is 1. The molecule has 0 heterocycles. The van der Waals surface area contributed by atoms with Crippen LogP contribution in [-0.2, 0) is 0 Å². The highest BCUT2D eigenvalue weighted by Crippen LogP contribution is 2.28. The number of aliphatic hydroxyl groups excluding tert-OH is 1. The van der Waals surface area contributed by atoms with Gasteiger partial charge in [-0.3, -0.25) is 4.99 Å². The van der Waals surface area contributed by atoms with Crippen molar-refractivity contribution in [3.05, 3.63) is 0 Å². The molecule has 5 heteroatoms. The Balaban J connectivity index is 0.00000484. The number of nitrogens with zero attached hydrogens (tertiary/aromatic N) is 1. The lowest BCUT2D eigenvalue weighted by Gasteiger charge is -2.16. The molecule has 1 aliphatic rings. The maximum absolute atomic E-state index is 9.13. The molecule has 1 rings (SSSR count). The highest BCUT2D eigenvalue weighted by molar-refractivity contribution is 14.0. The molecule has 0 radical (unpaired) electrons. The van der Waals surface area contributed by atoms with E-state index < -0.39 is 0 Å². The summed E-state index contributed by atoms with van der Waals surface area (Å²) in [4.78, 5) is 4.70. The van der Waals surface area contributed by atoms with Crippen LogP contribution in [0.1, 0.15) is 71.6 Å². The lowest BCUT2D eigenvalue weighted by Crippen LogP contribution is -2.38. The van der Waals surface area contributed by atoms with Gasteiger partial charge in [-0.25, -0.2) is 0 Å². The molecular formula is C18H38IN3O. The monoisotopic (exact) mass is 439 g/mol. The quantitative estimate of drug-likeness (QED) is 0.198. The molecular weight excluding hydrogens is 401 g/mol. The number of guanidine groups is 1. The molecule has 0 bridgehead atoms. The first kappa shape index (κ1) is 23.0. The fourth-order valence-corrected chi connectivity index (χ4v) is 3.38. The summed E-state index contributed by atoms with van der Waals surface area (Å²) in [5.41, 5.74) is 0.